The highest BCUT2D eigenvalue weighted by atomic mass is 35.5. The third-order valence-electron chi connectivity index (χ3n) is 5.09. The van der Waals surface area contributed by atoms with Crippen LogP contribution in [0.1, 0.15) is 24.0 Å². The van der Waals surface area contributed by atoms with Gasteiger partial charge in [-0.1, -0.05) is 23.7 Å². The molecule has 1 aliphatic heterocycles. The van der Waals surface area contributed by atoms with Gasteiger partial charge in [0.05, 0.1) is 19.8 Å². The molecule has 0 atom stereocenters. The van der Waals surface area contributed by atoms with E-state index < -0.39 is 0 Å². The lowest BCUT2D eigenvalue weighted by Gasteiger charge is -2.29. The monoisotopic (exact) mass is 416 g/mol. The average Bonchev–Trinajstić information content (AvgIpc) is 2.74. The van der Waals surface area contributed by atoms with Crippen LogP contribution < -0.4 is 9.64 Å². The topological polar surface area (TPSA) is 42.0 Å². The van der Waals surface area contributed by atoms with Gasteiger partial charge < -0.3 is 19.3 Å². The Bertz CT molecular complexity index is 804. The number of carbonyl (C=O) groups is 1. The number of hydrogen-bond donors (Lipinski definition) is 0. The molecule has 5 nitrogen and oxygen atoms in total. The summed E-state index contributed by atoms with van der Waals surface area (Å²) in [5.74, 6) is 0.909. The van der Waals surface area contributed by atoms with Gasteiger partial charge in [-0.15, -0.1) is 0 Å². The number of benzene rings is 2. The minimum Gasteiger partial charge on any atom is -0.494 e. The average molecular weight is 417 g/mol. The fourth-order valence-electron chi connectivity index (χ4n) is 3.31. The molecule has 2 aromatic carbocycles. The summed E-state index contributed by atoms with van der Waals surface area (Å²) in [6, 6.07) is 14.0. The summed E-state index contributed by atoms with van der Waals surface area (Å²) >= 11 is 6.02. The van der Waals surface area contributed by atoms with Gasteiger partial charge >= 0.3 is 0 Å². The molecule has 29 heavy (non-hydrogen) atoms. The van der Waals surface area contributed by atoms with E-state index in [0.29, 0.717) is 26.0 Å². The van der Waals surface area contributed by atoms with Crippen molar-refractivity contribution in [3.63, 3.8) is 0 Å². The van der Waals surface area contributed by atoms with E-state index in [2.05, 4.69) is 29.2 Å². The molecule has 0 radical (unpaired) electrons. The van der Waals surface area contributed by atoms with Crippen molar-refractivity contribution in [2.24, 2.45) is 0 Å². The molecule has 1 aliphatic rings. The molecule has 1 saturated heterocycles. The Kier molecular flexibility index (Phi) is 7.78. The van der Waals surface area contributed by atoms with E-state index in [1.807, 2.05) is 32.2 Å². The zero-order valence-electron chi connectivity index (χ0n) is 17.2. The fraction of sp³-hybridized carbons (Fsp3) is 0.435. The lowest BCUT2D eigenvalue weighted by Crippen LogP contribution is -2.36. The Balaban J connectivity index is 1.39. The van der Waals surface area contributed by atoms with Crippen LogP contribution >= 0.6 is 11.6 Å². The number of carbonyl (C=O) groups excluding carboxylic acids is 1. The van der Waals surface area contributed by atoms with E-state index in [1.165, 1.54) is 5.69 Å². The first-order valence-electron chi connectivity index (χ1n) is 10.1. The van der Waals surface area contributed by atoms with Crippen LogP contribution in [0.2, 0.25) is 5.02 Å². The molecule has 0 spiro atoms. The molecule has 1 fully saturated rings. The van der Waals surface area contributed by atoms with Crippen LogP contribution in [-0.4, -0.2) is 50.8 Å². The summed E-state index contributed by atoms with van der Waals surface area (Å²) in [4.78, 5) is 16.5. The van der Waals surface area contributed by atoms with Crippen LogP contribution in [0.5, 0.6) is 5.75 Å². The van der Waals surface area contributed by atoms with E-state index in [9.17, 15) is 4.79 Å². The van der Waals surface area contributed by atoms with Crippen LogP contribution in [0.15, 0.2) is 42.5 Å². The highest BCUT2D eigenvalue weighted by molar-refractivity contribution is 6.31. The lowest BCUT2D eigenvalue weighted by atomic mass is 10.1. The number of nitrogens with zero attached hydrogens (tertiary/aromatic N) is 2. The number of halogens is 1. The molecule has 1 heterocycles. The first-order valence-corrected chi connectivity index (χ1v) is 10.5. The van der Waals surface area contributed by atoms with Crippen molar-refractivity contribution in [3.8, 4) is 5.75 Å². The predicted octanol–water partition coefficient (Wildman–Crippen LogP) is 4.30. The van der Waals surface area contributed by atoms with E-state index >= 15 is 0 Å². The van der Waals surface area contributed by atoms with Crippen molar-refractivity contribution < 1.29 is 14.3 Å². The highest BCUT2D eigenvalue weighted by Gasteiger charge is 2.12. The summed E-state index contributed by atoms with van der Waals surface area (Å²) in [5.41, 5.74) is 3.32. The third-order valence-corrected chi connectivity index (χ3v) is 5.52. The van der Waals surface area contributed by atoms with Gasteiger partial charge in [0.25, 0.3) is 0 Å². The normalized spacial score (nSPS) is 14.0. The molecule has 6 heteroatoms. The summed E-state index contributed by atoms with van der Waals surface area (Å²) in [6.45, 7) is 6.47. The predicted molar refractivity (Wildman–Crippen MR) is 117 cm³/mol. The zero-order chi connectivity index (χ0) is 20.6. The van der Waals surface area contributed by atoms with Gasteiger partial charge in [-0.05, 0) is 54.8 Å². The van der Waals surface area contributed by atoms with Crippen LogP contribution in [0.4, 0.5) is 5.69 Å². The SMILES string of the molecule is Cc1cc(OCCCC(=O)N(C)Cc2ccc(N3CCOCC3)cc2)ccc1Cl. The molecule has 1 amide bonds. The van der Waals surface area contributed by atoms with Crippen LogP contribution in [0, 0.1) is 6.92 Å². The summed E-state index contributed by atoms with van der Waals surface area (Å²) < 4.78 is 11.1. The van der Waals surface area contributed by atoms with E-state index in [0.717, 1.165) is 48.2 Å². The van der Waals surface area contributed by atoms with E-state index in [-0.39, 0.29) is 5.91 Å². The second-order valence-corrected chi connectivity index (χ2v) is 7.79. The van der Waals surface area contributed by atoms with Gasteiger partial charge in [-0.3, -0.25) is 4.79 Å². The van der Waals surface area contributed by atoms with E-state index in [1.54, 1.807) is 4.90 Å². The maximum Gasteiger partial charge on any atom is 0.222 e. The van der Waals surface area contributed by atoms with Gasteiger partial charge in [0.2, 0.25) is 5.91 Å². The van der Waals surface area contributed by atoms with Crippen molar-refractivity contribution in [2.45, 2.75) is 26.3 Å². The first-order chi connectivity index (χ1) is 14.0. The maximum atomic E-state index is 12.4. The third kappa shape index (κ3) is 6.38. The van der Waals surface area contributed by atoms with Crippen molar-refractivity contribution in [3.05, 3.63) is 58.6 Å². The van der Waals surface area contributed by atoms with Gasteiger partial charge in [0.1, 0.15) is 5.75 Å². The standard InChI is InChI=1S/C23H29ClN2O3/c1-18-16-21(9-10-22(18)24)29-13-3-4-23(27)25(2)17-19-5-7-20(8-6-19)26-11-14-28-15-12-26/h5-10,16H,3-4,11-15,17H2,1-2H3. The number of hydrogen-bond acceptors (Lipinski definition) is 4. The van der Waals surface area contributed by atoms with Crippen molar-refractivity contribution in [2.75, 3.05) is 44.9 Å². The molecule has 0 bridgehead atoms. The molecule has 0 saturated carbocycles. The van der Waals surface area contributed by atoms with Gasteiger partial charge in [-0.25, -0.2) is 0 Å². The molecule has 3 rings (SSSR count). The Morgan fingerprint density at radius 3 is 2.59 bits per heavy atom. The van der Waals surface area contributed by atoms with E-state index in [4.69, 9.17) is 21.1 Å². The van der Waals surface area contributed by atoms with Crippen molar-refractivity contribution in [1.82, 2.24) is 4.90 Å². The first kappa shape index (κ1) is 21.5. The second-order valence-electron chi connectivity index (χ2n) is 7.38. The Hall–Kier alpha value is -2.24. The van der Waals surface area contributed by atoms with Gasteiger partial charge in [0, 0.05) is 43.8 Å². The lowest BCUT2D eigenvalue weighted by molar-refractivity contribution is -0.130. The number of aryl methyl sites for hydroxylation is 1. The molecule has 2 aromatic rings. The van der Waals surface area contributed by atoms with Gasteiger partial charge in [0.15, 0.2) is 0 Å². The molecule has 0 aromatic heterocycles. The minimum atomic E-state index is 0.123. The number of ether oxygens (including phenoxy) is 2. The molecular formula is C23H29ClN2O3. The van der Waals surface area contributed by atoms with Crippen LogP contribution in [-0.2, 0) is 16.1 Å². The summed E-state index contributed by atoms with van der Waals surface area (Å²) in [7, 11) is 1.85. The quantitative estimate of drug-likeness (QED) is 0.601. The minimum absolute atomic E-state index is 0.123. The maximum absolute atomic E-state index is 12.4. The van der Waals surface area contributed by atoms with Crippen molar-refractivity contribution >= 4 is 23.2 Å². The Labute approximate surface area is 178 Å². The second kappa shape index (κ2) is 10.5. The molecule has 156 valence electrons. The molecule has 0 N–H and O–H groups in total. The molecular weight excluding hydrogens is 388 g/mol. The largest absolute Gasteiger partial charge is 0.494 e. The number of anilines is 1. The van der Waals surface area contributed by atoms with Gasteiger partial charge in [-0.2, -0.15) is 0 Å². The number of amides is 1. The highest BCUT2D eigenvalue weighted by Crippen LogP contribution is 2.21. The van der Waals surface area contributed by atoms with Crippen molar-refractivity contribution in [1.29, 1.82) is 0 Å². The Morgan fingerprint density at radius 1 is 1.17 bits per heavy atom. The summed E-state index contributed by atoms with van der Waals surface area (Å²) in [5, 5.41) is 0.729. The van der Waals surface area contributed by atoms with Crippen LogP contribution in [0.3, 0.4) is 0 Å². The van der Waals surface area contributed by atoms with Crippen LogP contribution in [0.25, 0.3) is 0 Å². The fourth-order valence-corrected chi connectivity index (χ4v) is 3.42. The Morgan fingerprint density at radius 2 is 1.90 bits per heavy atom. The number of morpholine rings is 1. The smallest absolute Gasteiger partial charge is 0.222 e. The zero-order valence-corrected chi connectivity index (χ0v) is 18.0. The molecule has 0 aliphatic carbocycles. The molecule has 0 unspecified atom stereocenters. The number of rotatable bonds is 8. The summed E-state index contributed by atoms with van der Waals surface area (Å²) in [6.07, 6.45) is 1.15.